The summed E-state index contributed by atoms with van der Waals surface area (Å²) in [6.45, 7) is -0.440. The van der Waals surface area contributed by atoms with Crippen molar-refractivity contribution in [2.24, 2.45) is 0 Å². The fourth-order valence-corrected chi connectivity index (χ4v) is 6.19. The van der Waals surface area contributed by atoms with Gasteiger partial charge in [0.15, 0.2) is 11.6 Å². The lowest BCUT2D eigenvalue weighted by molar-refractivity contribution is 0.287. The first kappa shape index (κ1) is 28.0. The van der Waals surface area contributed by atoms with E-state index in [1.165, 1.54) is 14.2 Å². The van der Waals surface area contributed by atoms with Crippen molar-refractivity contribution in [2.75, 3.05) is 18.5 Å². The predicted molar refractivity (Wildman–Crippen MR) is 143 cm³/mol. The summed E-state index contributed by atoms with van der Waals surface area (Å²) in [4.78, 5) is 3.08. The lowest BCUT2D eigenvalue weighted by atomic mass is 10.2. The van der Waals surface area contributed by atoms with E-state index in [2.05, 4.69) is 25.3 Å². The van der Waals surface area contributed by atoms with E-state index in [1.54, 1.807) is 36.4 Å². The fraction of sp³-hybridized carbons (Fsp3) is 0.167. The molecule has 0 saturated carbocycles. The molecule has 4 aromatic rings. The highest BCUT2D eigenvalue weighted by Gasteiger charge is 2.32. The lowest BCUT2D eigenvalue weighted by Crippen LogP contribution is -2.31. The minimum atomic E-state index is -4.65. The van der Waals surface area contributed by atoms with Gasteiger partial charge in [-0.2, -0.15) is 4.37 Å². The van der Waals surface area contributed by atoms with Crippen LogP contribution in [-0.4, -0.2) is 32.0 Å². The van der Waals surface area contributed by atoms with Crippen molar-refractivity contribution in [2.45, 2.75) is 18.0 Å². The maximum absolute atomic E-state index is 15.2. The SMILES string of the molecule is COc1ccc(CN(c2ncns2)S(=O)(=O)c2cc(F)c(OCc3cccc(Cl)c3Br)cc2F)c(OC)c1. The maximum atomic E-state index is 15.2. The summed E-state index contributed by atoms with van der Waals surface area (Å²) in [5.74, 6) is -1.92. The van der Waals surface area contributed by atoms with Gasteiger partial charge in [0.05, 0.1) is 25.8 Å². The molecule has 200 valence electrons. The second-order valence-corrected chi connectivity index (χ2v) is 11.4. The second-order valence-electron chi connectivity index (χ2n) is 7.63. The van der Waals surface area contributed by atoms with E-state index in [9.17, 15) is 8.42 Å². The van der Waals surface area contributed by atoms with Crippen molar-refractivity contribution in [3.63, 3.8) is 0 Å². The van der Waals surface area contributed by atoms with Crippen LogP contribution < -0.4 is 18.5 Å². The van der Waals surface area contributed by atoms with Crippen molar-refractivity contribution >= 4 is 54.2 Å². The molecule has 0 spiro atoms. The Balaban J connectivity index is 1.68. The highest BCUT2D eigenvalue weighted by molar-refractivity contribution is 9.10. The fourth-order valence-electron chi connectivity index (χ4n) is 3.42. The first-order valence-electron chi connectivity index (χ1n) is 10.7. The zero-order valence-electron chi connectivity index (χ0n) is 19.8. The van der Waals surface area contributed by atoms with E-state index in [-0.39, 0.29) is 18.3 Å². The van der Waals surface area contributed by atoms with Crippen LogP contribution >= 0.6 is 39.1 Å². The van der Waals surface area contributed by atoms with Crippen LogP contribution in [0.15, 0.2) is 64.2 Å². The van der Waals surface area contributed by atoms with E-state index in [4.69, 9.17) is 25.8 Å². The molecule has 1 heterocycles. The Bertz CT molecular complexity index is 1560. The minimum Gasteiger partial charge on any atom is -0.497 e. The van der Waals surface area contributed by atoms with E-state index >= 15 is 8.78 Å². The molecule has 1 aromatic heterocycles. The molecule has 14 heteroatoms. The Kier molecular flexibility index (Phi) is 8.71. The van der Waals surface area contributed by atoms with Crippen LogP contribution in [0.5, 0.6) is 17.2 Å². The predicted octanol–water partition coefficient (Wildman–Crippen LogP) is 6.22. The minimum absolute atomic E-state index is 0.0474. The Morgan fingerprint density at radius 1 is 1.03 bits per heavy atom. The van der Waals surface area contributed by atoms with E-state index < -0.39 is 32.3 Å². The highest BCUT2D eigenvalue weighted by Crippen LogP contribution is 2.34. The van der Waals surface area contributed by atoms with Gasteiger partial charge in [0.1, 0.15) is 35.1 Å². The van der Waals surface area contributed by atoms with Gasteiger partial charge in [-0.1, -0.05) is 23.7 Å². The van der Waals surface area contributed by atoms with Crippen molar-refractivity contribution < 1.29 is 31.4 Å². The van der Waals surface area contributed by atoms with Gasteiger partial charge < -0.3 is 14.2 Å². The smallest absolute Gasteiger partial charge is 0.269 e. The second kappa shape index (κ2) is 11.8. The van der Waals surface area contributed by atoms with Gasteiger partial charge in [-0.25, -0.2) is 26.5 Å². The molecule has 8 nitrogen and oxygen atoms in total. The number of rotatable bonds is 10. The first-order valence-corrected chi connectivity index (χ1v) is 14.1. The van der Waals surface area contributed by atoms with Gasteiger partial charge in [0.25, 0.3) is 10.0 Å². The standard InChI is InChI=1S/C24H19BrClF2N3O5S2/c1-34-16-7-6-14(20(8-16)35-2)11-31(24-29-13-30-37-24)38(32,33)22-10-18(27)21(9-19(22)28)36-12-15-4-3-5-17(26)23(15)25/h3-10,13H,11-12H2,1-2H3. The molecule has 0 radical (unpaired) electrons. The number of hydrogen-bond acceptors (Lipinski definition) is 8. The van der Waals surface area contributed by atoms with E-state index in [0.29, 0.717) is 44.3 Å². The Morgan fingerprint density at radius 2 is 1.82 bits per heavy atom. The Labute approximate surface area is 235 Å². The van der Waals surface area contributed by atoms with Crippen molar-refractivity contribution in [3.05, 3.63) is 87.1 Å². The quantitative estimate of drug-likeness (QED) is 0.202. The lowest BCUT2D eigenvalue weighted by Gasteiger charge is -2.23. The zero-order chi connectivity index (χ0) is 27.4. The van der Waals surface area contributed by atoms with E-state index in [0.717, 1.165) is 22.2 Å². The summed E-state index contributed by atoms with van der Waals surface area (Å²) >= 11 is 10.1. The first-order chi connectivity index (χ1) is 18.1. The molecule has 0 aliphatic carbocycles. The monoisotopic (exact) mass is 645 g/mol. The average Bonchev–Trinajstić information content (AvgIpc) is 3.44. The van der Waals surface area contributed by atoms with Crippen LogP contribution in [0.4, 0.5) is 13.9 Å². The molecule has 0 aliphatic rings. The van der Waals surface area contributed by atoms with Crippen LogP contribution in [0.1, 0.15) is 11.1 Å². The van der Waals surface area contributed by atoms with Gasteiger partial charge in [-0.15, -0.1) is 0 Å². The van der Waals surface area contributed by atoms with Gasteiger partial charge in [0, 0.05) is 45.3 Å². The molecule has 0 saturated heterocycles. The molecule has 0 bridgehead atoms. The number of nitrogens with zero attached hydrogens (tertiary/aromatic N) is 3. The van der Waals surface area contributed by atoms with Crippen LogP contribution in [0.2, 0.25) is 5.02 Å². The van der Waals surface area contributed by atoms with Crippen molar-refractivity contribution in [1.29, 1.82) is 0 Å². The molecule has 4 rings (SSSR count). The average molecular weight is 647 g/mol. The summed E-state index contributed by atoms with van der Waals surface area (Å²) in [5, 5.41) is 0.373. The highest BCUT2D eigenvalue weighted by atomic mass is 79.9. The molecule has 3 aromatic carbocycles. The van der Waals surface area contributed by atoms with Gasteiger partial charge >= 0.3 is 0 Å². The number of anilines is 1. The molecule has 0 N–H and O–H groups in total. The number of halogens is 4. The number of sulfonamides is 1. The molecule has 0 atom stereocenters. The zero-order valence-corrected chi connectivity index (χ0v) is 23.8. The van der Waals surface area contributed by atoms with Crippen molar-refractivity contribution in [3.8, 4) is 17.2 Å². The van der Waals surface area contributed by atoms with Crippen LogP contribution in [0.3, 0.4) is 0 Å². The Morgan fingerprint density at radius 3 is 2.50 bits per heavy atom. The van der Waals surface area contributed by atoms with Crippen LogP contribution in [-0.2, 0) is 23.2 Å². The van der Waals surface area contributed by atoms with Gasteiger partial charge in [0.2, 0.25) is 5.13 Å². The van der Waals surface area contributed by atoms with Gasteiger partial charge in [-0.05, 0) is 34.1 Å². The summed E-state index contributed by atoms with van der Waals surface area (Å²) in [6, 6.07) is 11.1. The summed E-state index contributed by atoms with van der Waals surface area (Å²) in [5.41, 5.74) is 1.02. The molecule has 0 amide bonds. The Hall–Kier alpha value is -3.00. The molecule has 0 aliphatic heterocycles. The molecular formula is C24H19BrClF2N3O5S2. The third-order valence-electron chi connectivity index (χ3n) is 5.34. The third-order valence-corrected chi connectivity index (χ3v) is 9.38. The number of methoxy groups -OCH3 is 2. The van der Waals surface area contributed by atoms with Crippen LogP contribution in [0.25, 0.3) is 0 Å². The number of aromatic nitrogens is 2. The number of hydrogen-bond donors (Lipinski definition) is 0. The van der Waals surface area contributed by atoms with Crippen molar-refractivity contribution in [1.82, 2.24) is 9.36 Å². The summed E-state index contributed by atoms with van der Waals surface area (Å²) < 4.78 is 78.7. The molecular weight excluding hydrogens is 628 g/mol. The maximum Gasteiger partial charge on any atom is 0.269 e. The molecule has 0 fully saturated rings. The topological polar surface area (TPSA) is 90.9 Å². The number of benzene rings is 3. The summed E-state index contributed by atoms with van der Waals surface area (Å²) in [6.07, 6.45) is 1.16. The molecule has 38 heavy (non-hydrogen) atoms. The molecule has 0 unspecified atom stereocenters. The van der Waals surface area contributed by atoms with Gasteiger partial charge in [-0.3, -0.25) is 0 Å². The largest absolute Gasteiger partial charge is 0.497 e. The normalized spacial score (nSPS) is 11.3. The third kappa shape index (κ3) is 5.85. The van der Waals surface area contributed by atoms with E-state index in [1.807, 2.05) is 0 Å². The summed E-state index contributed by atoms with van der Waals surface area (Å²) in [7, 11) is -1.76. The number of ether oxygens (including phenoxy) is 3. The van der Waals surface area contributed by atoms with Crippen LogP contribution in [0, 0.1) is 11.6 Å².